The molecule has 1 aromatic carbocycles. The second-order valence-corrected chi connectivity index (χ2v) is 7.29. The van der Waals surface area contributed by atoms with Crippen LogP contribution < -0.4 is 20.3 Å². The first-order valence-electron chi connectivity index (χ1n) is 9.63. The van der Waals surface area contributed by atoms with Gasteiger partial charge in [0, 0.05) is 37.3 Å². The minimum Gasteiger partial charge on any atom is -0.497 e. The van der Waals surface area contributed by atoms with E-state index in [-0.39, 0.29) is 11.9 Å². The molecule has 2 heterocycles. The van der Waals surface area contributed by atoms with E-state index in [1.165, 1.54) is 18.5 Å². The van der Waals surface area contributed by atoms with Gasteiger partial charge in [-0.3, -0.25) is 4.79 Å². The summed E-state index contributed by atoms with van der Waals surface area (Å²) >= 11 is 0. The second kappa shape index (κ2) is 9.09. The molecule has 138 valence electrons. The van der Waals surface area contributed by atoms with Crippen LogP contribution in [-0.2, 0) is 4.79 Å². The van der Waals surface area contributed by atoms with Crippen LogP contribution in [0.5, 0.6) is 5.75 Å². The Balaban J connectivity index is 1.46. The van der Waals surface area contributed by atoms with E-state index in [1.807, 2.05) is 12.1 Å². The van der Waals surface area contributed by atoms with Crippen LogP contribution in [0.2, 0.25) is 0 Å². The fraction of sp³-hybridized carbons (Fsp3) is 0.650. The number of piperidine rings is 2. The van der Waals surface area contributed by atoms with Crippen LogP contribution in [0.1, 0.15) is 38.5 Å². The number of benzene rings is 1. The zero-order valence-corrected chi connectivity index (χ0v) is 15.3. The zero-order chi connectivity index (χ0) is 17.5. The van der Waals surface area contributed by atoms with E-state index in [1.54, 1.807) is 7.11 Å². The molecular weight excluding hydrogens is 314 g/mol. The third kappa shape index (κ3) is 5.36. The Morgan fingerprint density at radius 1 is 1.32 bits per heavy atom. The molecule has 3 rings (SSSR count). The average molecular weight is 345 g/mol. The molecule has 0 aromatic heterocycles. The summed E-state index contributed by atoms with van der Waals surface area (Å²) in [5, 5.41) is 6.64. The topological polar surface area (TPSA) is 53.6 Å². The maximum absolute atomic E-state index is 12.3. The Kier molecular flexibility index (Phi) is 6.56. The maximum Gasteiger partial charge on any atom is 0.220 e. The number of ether oxygens (including phenoxy) is 1. The highest BCUT2D eigenvalue weighted by Gasteiger charge is 2.22. The Morgan fingerprint density at radius 3 is 2.96 bits per heavy atom. The molecule has 2 aliphatic rings. The van der Waals surface area contributed by atoms with Crippen molar-refractivity contribution in [3.8, 4) is 5.75 Å². The molecule has 2 N–H and O–H groups in total. The van der Waals surface area contributed by atoms with Crippen LogP contribution in [0.15, 0.2) is 24.3 Å². The fourth-order valence-electron chi connectivity index (χ4n) is 3.94. The minimum atomic E-state index is 0.219. The molecule has 0 aliphatic carbocycles. The summed E-state index contributed by atoms with van der Waals surface area (Å²) in [6.45, 7) is 4.12. The normalized spacial score (nSPS) is 21.8. The van der Waals surface area contributed by atoms with Crippen molar-refractivity contribution in [2.75, 3.05) is 38.2 Å². The van der Waals surface area contributed by atoms with Crippen molar-refractivity contribution in [1.29, 1.82) is 0 Å². The number of nitrogens with one attached hydrogen (secondary N) is 2. The van der Waals surface area contributed by atoms with Gasteiger partial charge in [0.25, 0.3) is 0 Å². The molecule has 2 saturated heterocycles. The SMILES string of the molecule is COc1cccc(N2CCCC(NC(=O)CCC3CCNCC3)C2)c1. The smallest absolute Gasteiger partial charge is 0.220 e. The summed E-state index contributed by atoms with van der Waals surface area (Å²) in [6.07, 6.45) is 6.29. The Hall–Kier alpha value is -1.75. The number of anilines is 1. The second-order valence-electron chi connectivity index (χ2n) is 7.29. The monoisotopic (exact) mass is 345 g/mol. The number of hydrogen-bond donors (Lipinski definition) is 2. The van der Waals surface area contributed by atoms with Crippen molar-refractivity contribution in [3.63, 3.8) is 0 Å². The van der Waals surface area contributed by atoms with Gasteiger partial charge in [-0.15, -0.1) is 0 Å². The third-order valence-electron chi connectivity index (χ3n) is 5.44. The first kappa shape index (κ1) is 18.1. The number of rotatable bonds is 6. The first-order chi connectivity index (χ1) is 12.2. The van der Waals surface area contributed by atoms with Crippen LogP contribution in [0.25, 0.3) is 0 Å². The van der Waals surface area contributed by atoms with E-state index >= 15 is 0 Å². The van der Waals surface area contributed by atoms with Crippen LogP contribution >= 0.6 is 0 Å². The Morgan fingerprint density at radius 2 is 2.16 bits per heavy atom. The van der Waals surface area contributed by atoms with Gasteiger partial charge in [0.05, 0.1) is 7.11 Å². The summed E-state index contributed by atoms with van der Waals surface area (Å²) in [4.78, 5) is 14.7. The Bertz CT molecular complexity index is 558. The molecule has 1 amide bonds. The van der Waals surface area contributed by atoms with Gasteiger partial charge in [0.15, 0.2) is 0 Å². The van der Waals surface area contributed by atoms with E-state index in [0.29, 0.717) is 12.3 Å². The predicted molar refractivity (Wildman–Crippen MR) is 101 cm³/mol. The molecule has 0 spiro atoms. The molecule has 25 heavy (non-hydrogen) atoms. The Labute approximate surface area is 151 Å². The summed E-state index contributed by atoms with van der Waals surface area (Å²) < 4.78 is 5.33. The van der Waals surface area contributed by atoms with Gasteiger partial charge in [0.2, 0.25) is 5.91 Å². The van der Waals surface area contributed by atoms with Crippen molar-refractivity contribution in [3.05, 3.63) is 24.3 Å². The molecule has 2 fully saturated rings. The van der Waals surface area contributed by atoms with Gasteiger partial charge >= 0.3 is 0 Å². The van der Waals surface area contributed by atoms with Crippen molar-refractivity contribution in [1.82, 2.24) is 10.6 Å². The largest absolute Gasteiger partial charge is 0.497 e. The lowest BCUT2D eigenvalue weighted by atomic mass is 9.93. The predicted octanol–water partition coefficient (Wildman–Crippen LogP) is 2.56. The van der Waals surface area contributed by atoms with Gasteiger partial charge in [0.1, 0.15) is 5.75 Å². The van der Waals surface area contributed by atoms with Gasteiger partial charge in [-0.25, -0.2) is 0 Å². The minimum absolute atomic E-state index is 0.219. The fourth-order valence-corrected chi connectivity index (χ4v) is 3.94. The summed E-state index contributed by atoms with van der Waals surface area (Å²) in [7, 11) is 1.70. The lowest BCUT2D eigenvalue weighted by Crippen LogP contribution is -2.47. The van der Waals surface area contributed by atoms with Crippen molar-refractivity contribution in [2.24, 2.45) is 5.92 Å². The summed E-state index contributed by atoms with van der Waals surface area (Å²) in [6, 6.07) is 8.43. The molecule has 0 radical (unpaired) electrons. The average Bonchev–Trinajstić information content (AvgIpc) is 2.67. The molecule has 0 bridgehead atoms. The van der Waals surface area contributed by atoms with Crippen molar-refractivity contribution in [2.45, 2.75) is 44.6 Å². The summed E-state index contributed by atoms with van der Waals surface area (Å²) in [5.74, 6) is 1.81. The van der Waals surface area contributed by atoms with Gasteiger partial charge in [-0.1, -0.05) is 6.07 Å². The maximum atomic E-state index is 12.3. The summed E-state index contributed by atoms with van der Waals surface area (Å²) in [5.41, 5.74) is 1.17. The third-order valence-corrected chi connectivity index (χ3v) is 5.44. The number of carbonyl (C=O) groups excluding carboxylic acids is 1. The molecule has 1 atom stereocenters. The van der Waals surface area contributed by atoms with Gasteiger partial charge < -0.3 is 20.3 Å². The van der Waals surface area contributed by atoms with Crippen LogP contribution in [0, 0.1) is 5.92 Å². The molecule has 1 unspecified atom stereocenters. The quantitative estimate of drug-likeness (QED) is 0.832. The lowest BCUT2D eigenvalue weighted by Gasteiger charge is -2.35. The van der Waals surface area contributed by atoms with Crippen LogP contribution in [0.4, 0.5) is 5.69 Å². The van der Waals surface area contributed by atoms with Crippen molar-refractivity contribution < 1.29 is 9.53 Å². The van der Waals surface area contributed by atoms with E-state index < -0.39 is 0 Å². The molecule has 5 nitrogen and oxygen atoms in total. The standard InChI is InChI=1S/C20H31N3O2/c1-25-19-6-2-5-18(14-19)23-13-3-4-17(15-23)22-20(24)8-7-16-9-11-21-12-10-16/h2,5-6,14,16-17,21H,3-4,7-13,15H2,1H3,(H,22,24). The highest BCUT2D eigenvalue weighted by atomic mass is 16.5. The number of methoxy groups -OCH3 is 1. The zero-order valence-electron chi connectivity index (χ0n) is 15.3. The molecule has 2 aliphatic heterocycles. The highest BCUT2D eigenvalue weighted by molar-refractivity contribution is 5.76. The highest BCUT2D eigenvalue weighted by Crippen LogP contribution is 2.24. The molecule has 1 aromatic rings. The van der Waals surface area contributed by atoms with E-state index in [2.05, 4.69) is 27.7 Å². The van der Waals surface area contributed by atoms with E-state index in [9.17, 15) is 4.79 Å². The molecule has 5 heteroatoms. The van der Waals surface area contributed by atoms with Crippen molar-refractivity contribution >= 4 is 11.6 Å². The number of hydrogen-bond acceptors (Lipinski definition) is 4. The van der Waals surface area contributed by atoms with Crippen LogP contribution in [-0.4, -0.2) is 45.2 Å². The number of nitrogens with zero attached hydrogens (tertiary/aromatic N) is 1. The van der Waals surface area contributed by atoms with E-state index in [0.717, 1.165) is 51.2 Å². The number of carbonyl (C=O) groups is 1. The van der Waals surface area contributed by atoms with Gasteiger partial charge in [-0.2, -0.15) is 0 Å². The number of amides is 1. The molecular formula is C20H31N3O2. The lowest BCUT2D eigenvalue weighted by molar-refractivity contribution is -0.122. The first-order valence-corrected chi connectivity index (χ1v) is 9.63. The van der Waals surface area contributed by atoms with E-state index in [4.69, 9.17) is 4.74 Å². The molecule has 0 saturated carbocycles. The van der Waals surface area contributed by atoms with Gasteiger partial charge in [-0.05, 0) is 63.2 Å². The van der Waals surface area contributed by atoms with Crippen LogP contribution in [0.3, 0.4) is 0 Å².